The molecule has 2 heterocycles. The Bertz CT molecular complexity index is 690. The molecule has 1 fully saturated rings. The second-order valence-electron chi connectivity index (χ2n) is 5.39. The largest absolute Gasteiger partial charge is 0.393 e. The number of aromatic nitrogens is 3. The van der Waals surface area contributed by atoms with Crippen molar-refractivity contribution in [2.45, 2.75) is 25.0 Å². The molecule has 114 valence electrons. The first-order chi connectivity index (χ1) is 10.6. The third-order valence-corrected chi connectivity index (χ3v) is 3.82. The minimum Gasteiger partial charge on any atom is -0.393 e. The maximum absolute atomic E-state index is 12.3. The predicted molar refractivity (Wildman–Crippen MR) is 78.0 cm³/mol. The molecule has 2 aromatic heterocycles. The van der Waals surface area contributed by atoms with Crippen LogP contribution in [0.5, 0.6) is 0 Å². The zero-order valence-electron chi connectivity index (χ0n) is 11.8. The molecule has 3 N–H and O–H groups in total. The van der Waals surface area contributed by atoms with Gasteiger partial charge in [0.05, 0.1) is 24.0 Å². The van der Waals surface area contributed by atoms with Gasteiger partial charge in [-0.3, -0.25) is 14.6 Å². The van der Waals surface area contributed by atoms with Gasteiger partial charge in [-0.1, -0.05) is 6.07 Å². The van der Waals surface area contributed by atoms with Crippen molar-refractivity contribution in [3.8, 4) is 0 Å². The highest BCUT2D eigenvalue weighted by molar-refractivity contribution is 5.92. The fourth-order valence-corrected chi connectivity index (χ4v) is 2.58. The summed E-state index contributed by atoms with van der Waals surface area (Å²) in [6, 6.07) is 5.22. The molecule has 7 heteroatoms. The van der Waals surface area contributed by atoms with Crippen LogP contribution in [0.15, 0.2) is 41.6 Å². The maximum Gasteiger partial charge on any atom is 0.271 e. The third-order valence-electron chi connectivity index (χ3n) is 3.82. The van der Waals surface area contributed by atoms with E-state index in [9.17, 15) is 14.7 Å². The third kappa shape index (κ3) is 3.04. The van der Waals surface area contributed by atoms with Crippen LogP contribution in [0.4, 0.5) is 0 Å². The van der Waals surface area contributed by atoms with E-state index in [-0.39, 0.29) is 35.2 Å². The number of aliphatic hydroxyl groups is 1. The molecule has 3 rings (SSSR count). The second kappa shape index (κ2) is 6.07. The zero-order chi connectivity index (χ0) is 15.5. The lowest BCUT2D eigenvalue weighted by Gasteiger charge is -2.37. The van der Waals surface area contributed by atoms with Gasteiger partial charge in [-0.25, -0.2) is 4.98 Å². The molecule has 0 aromatic carbocycles. The first-order valence-electron chi connectivity index (χ1n) is 7.08. The number of hydrogen-bond donors (Lipinski definition) is 3. The summed E-state index contributed by atoms with van der Waals surface area (Å²) in [5.74, 6) is -0.245. The van der Waals surface area contributed by atoms with Crippen molar-refractivity contribution in [2.24, 2.45) is 5.92 Å². The van der Waals surface area contributed by atoms with Crippen molar-refractivity contribution in [1.82, 2.24) is 20.3 Å². The first-order valence-corrected chi connectivity index (χ1v) is 7.08. The molecule has 1 atom stereocenters. The predicted octanol–water partition coefficient (Wildman–Crippen LogP) is 0.407. The molecule has 7 nitrogen and oxygen atoms in total. The highest BCUT2D eigenvalue weighted by Crippen LogP contribution is 2.37. The number of amides is 1. The Balaban J connectivity index is 1.79. The Labute approximate surface area is 126 Å². The quantitative estimate of drug-likeness (QED) is 0.758. The fraction of sp³-hybridized carbons (Fsp3) is 0.333. The molecule has 0 aliphatic heterocycles. The van der Waals surface area contributed by atoms with Crippen molar-refractivity contribution in [3.63, 3.8) is 0 Å². The molecule has 0 saturated heterocycles. The van der Waals surface area contributed by atoms with Crippen LogP contribution < -0.4 is 10.9 Å². The Morgan fingerprint density at radius 1 is 1.36 bits per heavy atom. The summed E-state index contributed by atoms with van der Waals surface area (Å²) in [6.45, 7) is 0. The zero-order valence-corrected chi connectivity index (χ0v) is 11.8. The molecule has 1 amide bonds. The molecule has 0 unspecified atom stereocenters. The van der Waals surface area contributed by atoms with Crippen molar-refractivity contribution >= 4 is 5.91 Å². The van der Waals surface area contributed by atoms with Crippen LogP contribution in [-0.4, -0.2) is 32.1 Å². The lowest BCUT2D eigenvalue weighted by Crippen LogP contribution is -2.42. The minimum absolute atomic E-state index is 0.136. The number of H-pyrrole nitrogens is 1. The van der Waals surface area contributed by atoms with E-state index < -0.39 is 0 Å². The van der Waals surface area contributed by atoms with Crippen LogP contribution in [0, 0.1) is 5.92 Å². The Hall–Kier alpha value is -2.54. The number of aliphatic hydroxyl groups excluding tert-OH is 1. The number of nitrogens with one attached hydrogen (secondary N) is 2. The van der Waals surface area contributed by atoms with E-state index in [1.807, 2.05) is 18.2 Å². The summed E-state index contributed by atoms with van der Waals surface area (Å²) in [5, 5.41) is 12.4. The molecule has 22 heavy (non-hydrogen) atoms. The summed E-state index contributed by atoms with van der Waals surface area (Å²) in [6.07, 6.45) is 4.95. The fourth-order valence-electron chi connectivity index (χ4n) is 2.58. The van der Waals surface area contributed by atoms with Gasteiger partial charge in [-0.15, -0.1) is 0 Å². The van der Waals surface area contributed by atoms with E-state index in [0.29, 0.717) is 12.8 Å². The lowest BCUT2D eigenvalue weighted by atomic mass is 9.76. The molecular weight excluding hydrogens is 284 g/mol. The van der Waals surface area contributed by atoms with E-state index in [4.69, 9.17) is 0 Å². The summed E-state index contributed by atoms with van der Waals surface area (Å²) in [5.41, 5.74) is 0.525. The Morgan fingerprint density at radius 2 is 2.18 bits per heavy atom. The highest BCUT2D eigenvalue weighted by Gasteiger charge is 2.36. The van der Waals surface area contributed by atoms with Crippen molar-refractivity contribution in [2.75, 3.05) is 0 Å². The second-order valence-corrected chi connectivity index (χ2v) is 5.39. The SMILES string of the molecule is O=C(N[C@H](c1ccccn1)C1CC(O)C1)c1c[nH]c(=O)cn1. The van der Waals surface area contributed by atoms with E-state index in [0.717, 1.165) is 11.9 Å². The topological polar surface area (TPSA) is 108 Å². The number of hydrogen-bond acceptors (Lipinski definition) is 5. The molecule has 1 aliphatic rings. The van der Waals surface area contributed by atoms with E-state index in [2.05, 4.69) is 20.3 Å². The number of aromatic amines is 1. The number of carbonyl (C=O) groups is 1. The molecule has 0 radical (unpaired) electrons. The molecular formula is C15H16N4O3. The lowest BCUT2D eigenvalue weighted by molar-refractivity contribution is 0.0227. The van der Waals surface area contributed by atoms with E-state index in [1.54, 1.807) is 6.20 Å². The Morgan fingerprint density at radius 3 is 2.77 bits per heavy atom. The monoisotopic (exact) mass is 300 g/mol. The van der Waals surface area contributed by atoms with Crippen LogP contribution in [0.25, 0.3) is 0 Å². The number of nitrogens with zero attached hydrogens (tertiary/aromatic N) is 2. The van der Waals surface area contributed by atoms with Gasteiger partial charge in [0.1, 0.15) is 5.69 Å². The molecule has 0 spiro atoms. The molecule has 0 bridgehead atoms. The van der Waals surface area contributed by atoms with Gasteiger partial charge in [0.15, 0.2) is 0 Å². The van der Waals surface area contributed by atoms with Crippen molar-refractivity contribution < 1.29 is 9.90 Å². The summed E-state index contributed by atoms with van der Waals surface area (Å²) < 4.78 is 0. The van der Waals surface area contributed by atoms with Crippen LogP contribution in [0.3, 0.4) is 0 Å². The number of carbonyl (C=O) groups excluding carboxylic acids is 1. The Kier molecular flexibility index (Phi) is 3.97. The summed E-state index contributed by atoms with van der Waals surface area (Å²) in [4.78, 5) is 33.8. The summed E-state index contributed by atoms with van der Waals surface area (Å²) in [7, 11) is 0. The highest BCUT2D eigenvalue weighted by atomic mass is 16.3. The number of pyridine rings is 1. The van der Waals surface area contributed by atoms with Crippen LogP contribution in [0.1, 0.15) is 35.1 Å². The van der Waals surface area contributed by atoms with Gasteiger partial charge in [0, 0.05) is 12.4 Å². The number of rotatable bonds is 4. The standard InChI is InChI=1S/C15H16N4O3/c20-10-5-9(6-10)14(11-3-1-2-4-16-11)19-15(22)12-7-18-13(21)8-17-12/h1-4,7-10,14,20H,5-6H2,(H,18,21)(H,19,22)/t9?,10?,14-/m0/s1. The normalized spacial score (nSPS) is 21.7. The van der Waals surface area contributed by atoms with Gasteiger partial charge < -0.3 is 15.4 Å². The average molecular weight is 300 g/mol. The first kappa shape index (κ1) is 14.4. The molecule has 1 aliphatic carbocycles. The van der Waals surface area contributed by atoms with Crippen LogP contribution in [0.2, 0.25) is 0 Å². The van der Waals surface area contributed by atoms with E-state index in [1.165, 1.54) is 6.20 Å². The molecule has 1 saturated carbocycles. The van der Waals surface area contributed by atoms with Gasteiger partial charge in [-0.05, 0) is 30.9 Å². The minimum atomic E-state index is -0.381. The molecule has 2 aromatic rings. The average Bonchev–Trinajstić information content (AvgIpc) is 2.51. The maximum atomic E-state index is 12.3. The van der Waals surface area contributed by atoms with Crippen molar-refractivity contribution in [1.29, 1.82) is 0 Å². The summed E-state index contributed by atoms with van der Waals surface area (Å²) >= 11 is 0. The van der Waals surface area contributed by atoms with E-state index >= 15 is 0 Å². The van der Waals surface area contributed by atoms with Gasteiger partial charge in [0.25, 0.3) is 11.5 Å². The smallest absolute Gasteiger partial charge is 0.271 e. The van der Waals surface area contributed by atoms with Crippen LogP contribution >= 0.6 is 0 Å². The van der Waals surface area contributed by atoms with Gasteiger partial charge >= 0.3 is 0 Å². The van der Waals surface area contributed by atoms with Crippen LogP contribution in [-0.2, 0) is 0 Å². The van der Waals surface area contributed by atoms with Gasteiger partial charge in [-0.2, -0.15) is 0 Å². The van der Waals surface area contributed by atoms with Gasteiger partial charge in [0.2, 0.25) is 0 Å². The van der Waals surface area contributed by atoms with Crippen molar-refractivity contribution in [3.05, 3.63) is 58.5 Å².